The number of rotatable bonds is 4. The number of para-hydroxylation sites is 2. The number of fused-ring (bicyclic) bond motifs is 1. The third-order valence-electron chi connectivity index (χ3n) is 5.02. The fourth-order valence-corrected chi connectivity index (χ4v) is 3.52. The average molecular weight is 389 g/mol. The summed E-state index contributed by atoms with van der Waals surface area (Å²) in [6, 6.07) is 35.4. The lowest BCUT2D eigenvalue weighted by Crippen LogP contribution is -2.16. The molecule has 0 atom stereocenters. The summed E-state index contributed by atoms with van der Waals surface area (Å²) in [4.78, 5) is 13.1. The Morgan fingerprint density at radius 2 is 1.37 bits per heavy atom. The predicted octanol–water partition coefficient (Wildman–Crippen LogP) is 5.94. The Hall–Kier alpha value is -4.18. The monoisotopic (exact) mass is 389 g/mol. The van der Waals surface area contributed by atoms with Crippen molar-refractivity contribution in [2.75, 3.05) is 5.32 Å². The van der Waals surface area contributed by atoms with Crippen LogP contribution in [0.2, 0.25) is 0 Å². The van der Waals surface area contributed by atoms with Gasteiger partial charge in [0.1, 0.15) is 5.69 Å². The Morgan fingerprint density at radius 3 is 2.13 bits per heavy atom. The molecule has 5 rings (SSSR count). The van der Waals surface area contributed by atoms with E-state index in [-0.39, 0.29) is 5.91 Å². The Bertz CT molecular complexity index is 1320. The number of hydrogen-bond acceptors (Lipinski definition) is 2. The molecule has 0 aliphatic carbocycles. The zero-order chi connectivity index (χ0) is 20.3. The standard InChI is InChI=1S/C26H19N3O/c30-26(27-22-11-3-1-4-12-22)25-18-24(28-29(25)23-13-5-2-6-14-23)21-16-15-19-9-7-8-10-20(19)17-21/h1-18H,(H,27,30). The number of nitrogens with one attached hydrogen (secondary N) is 1. The average Bonchev–Trinajstić information content (AvgIpc) is 3.26. The molecule has 0 aliphatic rings. The predicted molar refractivity (Wildman–Crippen MR) is 121 cm³/mol. The molecule has 0 aliphatic heterocycles. The summed E-state index contributed by atoms with van der Waals surface area (Å²) in [7, 11) is 0. The van der Waals surface area contributed by atoms with Gasteiger partial charge < -0.3 is 5.32 Å². The Morgan fingerprint density at radius 1 is 0.700 bits per heavy atom. The fourth-order valence-electron chi connectivity index (χ4n) is 3.52. The van der Waals surface area contributed by atoms with Gasteiger partial charge in [0, 0.05) is 11.3 Å². The van der Waals surface area contributed by atoms with Gasteiger partial charge in [-0.2, -0.15) is 5.10 Å². The van der Waals surface area contributed by atoms with Crippen LogP contribution in [0.1, 0.15) is 10.5 Å². The van der Waals surface area contributed by atoms with Gasteiger partial charge in [0.05, 0.1) is 11.4 Å². The maximum Gasteiger partial charge on any atom is 0.274 e. The molecule has 4 aromatic carbocycles. The molecule has 4 heteroatoms. The first-order chi connectivity index (χ1) is 14.8. The van der Waals surface area contributed by atoms with Crippen LogP contribution in [0, 0.1) is 0 Å². The summed E-state index contributed by atoms with van der Waals surface area (Å²) in [6.45, 7) is 0. The summed E-state index contributed by atoms with van der Waals surface area (Å²) >= 11 is 0. The van der Waals surface area contributed by atoms with Crippen molar-refractivity contribution in [3.05, 3.63) is 115 Å². The van der Waals surface area contributed by atoms with E-state index in [1.807, 2.05) is 84.9 Å². The molecule has 1 aromatic heterocycles. The van der Waals surface area contributed by atoms with Crippen molar-refractivity contribution in [2.24, 2.45) is 0 Å². The number of aromatic nitrogens is 2. The molecule has 144 valence electrons. The van der Waals surface area contributed by atoms with Crippen LogP contribution in [-0.4, -0.2) is 15.7 Å². The highest BCUT2D eigenvalue weighted by atomic mass is 16.2. The molecule has 4 nitrogen and oxygen atoms in total. The first kappa shape index (κ1) is 17.9. The second-order valence-corrected chi connectivity index (χ2v) is 7.04. The number of carbonyl (C=O) groups excluding carboxylic acids is 1. The van der Waals surface area contributed by atoms with Crippen molar-refractivity contribution in [3.8, 4) is 16.9 Å². The van der Waals surface area contributed by atoms with E-state index in [2.05, 4.69) is 29.6 Å². The summed E-state index contributed by atoms with van der Waals surface area (Å²) in [6.07, 6.45) is 0. The van der Waals surface area contributed by atoms with E-state index in [9.17, 15) is 4.79 Å². The van der Waals surface area contributed by atoms with Gasteiger partial charge in [0.25, 0.3) is 5.91 Å². The van der Waals surface area contributed by atoms with Crippen LogP contribution in [0.3, 0.4) is 0 Å². The highest BCUT2D eigenvalue weighted by Crippen LogP contribution is 2.26. The molecule has 30 heavy (non-hydrogen) atoms. The quantitative estimate of drug-likeness (QED) is 0.413. The smallest absolute Gasteiger partial charge is 0.274 e. The van der Waals surface area contributed by atoms with Crippen molar-refractivity contribution in [2.45, 2.75) is 0 Å². The van der Waals surface area contributed by atoms with Gasteiger partial charge >= 0.3 is 0 Å². The summed E-state index contributed by atoms with van der Waals surface area (Å²) < 4.78 is 1.70. The van der Waals surface area contributed by atoms with E-state index in [0.29, 0.717) is 5.69 Å². The van der Waals surface area contributed by atoms with Crippen molar-refractivity contribution < 1.29 is 4.79 Å². The van der Waals surface area contributed by atoms with Crippen molar-refractivity contribution in [1.29, 1.82) is 0 Å². The second kappa shape index (κ2) is 7.68. The minimum absolute atomic E-state index is 0.204. The van der Waals surface area contributed by atoms with Crippen molar-refractivity contribution in [1.82, 2.24) is 9.78 Å². The van der Waals surface area contributed by atoms with Gasteiger partial charge in [0.2, 0.25) is 0 Å². The van der Waals surface area contributed by atoms with Gasteiger partial charge in [-0.3, -0.25) is 4.79 Å². The summed E-state index contributed by atoms with van der Waals surface area (Å²) in [5.74, 6) is -0.204. The van der Waals surface area contributed by atoms with Crippen molar-refractivity contribution >= 4 is 22.4 Å². The second-order valence-electron chi connectivity index (χ2n) is 7.04. The molecule has 1 N–H and O–H groups in total. The number of benzene rings is 4. The number of anilines is 1. The Balaban J connectivity index is 1.59. The van der Waals surface area contributed by atoms with Crippen LogP contribution >= 0.6 is 0 Å². The first-order valence-corrected chi connectivity index (χ1v) is 9.79. The third kappa shape index (κ3) is 3.47. The Kier molecular flexibility index (Phi) is 4.58. The van der Waals surface area contributed by atoms with Gasteiger partial charge in [-0.25, -0.2) is 4.68 Å². The minimum atomic E-state index is -0.204. The molecule has 0 radical (unpaired) electrons. The van der Waals surface area contributed by atoms with E-state index < -0.39 is 0 Å². The highest BCUT2D eigenvalue weighted by molar-refractivity contribution is 6.04. The van der Waals surface area contributed by atoms with Crippen molar-refractivity contribution in [3.63, 3.8) is 0 Å². The van der Waals surface area contributed by atoms with E-state index in [0.717, 1.165) is 28.0 Å². The van der Waals surface area contributed by atoms with Crippen LogP contribution in [-0.2, 0) is 0 Å². The van der Waals surface area contributed by atoms with Crippen LogP contribution in [0.5, 0.6) is 0 Å². The van der Waals surface area contributed by atoms with Crippen LogP contribution < -0.4 is 5.32 Å². The molecule has 1 heterocycles. The maximum atomic E-state index is 13.1. The lowest BCUT2D eigenvalue weighted by molar-refractivity contribution is 0.101. The third-order valence-corrected chi connectivity index (χ3v) is 5.02. The summed E-state index contributed by atoms with van der Waals surface area (Å²) in [5, 5.41) is 10.0. The lowest BCUT2D eigenvalue weighted by atomic mass is 10.1. The van der Waals surface area contributed by atoms with E-state index in [1.54, 1.807) is 4.68 Å². The molecule has 0 spiro atoms. The largest absolute Gasteiger partial charge is 0.321 e. The SMILES string of the molecule is O=C(Nc1ccccc1)c1cc(-c2ccc3ccccc3c2)nn1-c1ccccc1. The Labute approximate surface area is 174 Å². The minimum Gasteiger partial charge on any atom is -0.321 e. The topological polar surface area (TPSA) is 46.9 Å². The van der Waals surface area contributed by atoms with E-state index in [1.165, 1.54) is 5.39 Å². The van der Waals surface area contributed by atoms with Gasteiger partial charge in [0.15, 0.2) is 0 Å². The lowest BCUT2D eigenvalue weighted by Gasteiger charge is -2.08. The zero-order valence-electron chi connectivity index (χ0n) is 16.2. The molecule has 0 saturated heterocycles. The van der Waals surface area contributed by atoms with Gasteiger partial charge in [-0.05, 0) is 47.2 Å². The number of nitrogens with zero attached hydrogens (tertiary/aromatic N) is 2. The van der Waals surface area contributed by atoms with E-state index in [4.69, 9.17) is 5.10 Å². The number of amides is 1. The molecular weight excluding hydrogens is 370 g/mol. The number of hydrogen-bond donors (Lipinski definition) is 1. The van der Waals surface area contributed by atoms with Crippen LogP contribution in [0.15, 0.2) is 109 Å². The number of carbonyl (C=O) groups is 1. The molecule has 0 unspecified atom stereocenters. The highest BCUT2D eigenvalue weighted by Gasteiger charge is 2.18. The summed E-state index contributed by atoms with van der Waals surface area (Å²) in [5.41, 5.74) is 3.78. The molecule has 0 bridgehead atoms. The van der Waals surface area contributed by atoms with Gasteiger partial charge in [-0.1, -0.05) is 72.8 Å². The normalized spacial score (nSPS) is 10.8. The fraction of sp³-hybridized carbons (Fsp3) is 0. The van der Waals surface area contributed by atoms with E-state index >= 15 is 0 Å². The first-order valence-electron chi connectivity index (χ1n) is 9.79. The van der Waals surface area contributed by atoms with Crippen LogP contribution in [0.4, 0.5) is 5.69 Å². The maximum absolute atomic E-state index is 13.1. The molecule has 0 fully saturated rings. The molecule has 1 amide bonds. The molecule has 0 saturated carbocycles. The van der Waals surface area contributed by atoms with Gasteiger partial charge in [-0.15, -0.1) is 0 Å². The molecule has 5 aromatic rings. The zero-order valence-corrected chi connectivity index (χ0v) is 16.2. The molecular formula is C26H19N3O. The van der Waals surface area contributed by atoms with Crippen LogP contribution in [0.25, 0.3) is 27.7 Å².